The maximum Gasteiger partial charge on any atom is 0.322 e. The number of carbonyl (C=O) groups excluding carboxylic acids is 2. The van der Waals surface area contributed by atoms with Crippen molar-refractivity contribution in [2.45, 2.75) is 39.2 Å². The monoisotopic (exact) mass is 347 g/mol. The Bertz CT molecular complexity index is 591. The van der Waals surface area contributed by atoms with Crippen LogP contribution < -0.4 is 10.6 Å². The van der Waals surface area contributed by atoms with Crippen LogP contribution in [0, 0.1) is 5.92 Å². The third-order valence-electron chi connectivity index (χ3n) is 4.71. The van der Waals surface area contributed by atoms with Gasteiger partial charge in [0, 0.05) is 31.9 Å². The van der Waals surface area contributed by atoms with E-state index in [4.69, 9.17) is 4.74 Å². The molecule has 0 radical (unpaired) electrons. The minimum atomic E-state index is -0.166. The van der Waals surface area contributed by atoms with Crippen LogP contribution in [0.2, 0.25) is 0 Å². The van der Waals surface area contributed by atoms with Gasteiger partial charge in [-0.15, -0.1) is 0 Å². The van der Waals surface area contributed by atoms with Crippen LogP contribution in [-0.2, 0) is 16.0 Å². The van der Waals surface area contributed by atoms with Gasteiger partial charge in [-0.2, -0.15) is 0 Å². The number of urea groups is 1. The summed E-state index contributed by atoms with van der Waals surface area (Å²) in [5.41, 5.74) is 1.98. The quantitative estimate of drug-likeness (QED) is 0.777. The number of carbonyl (C=O) groups is 2. The van der Waals surface area contributed by atoms with Crippen LogP contribution in [0.5, 0.6) is 0 Å². The zero-order chi connectivity index (χ0) is 18.2. The van der Waals surface area contributed by atoms with Gasteiger partial charge in [0.1, 0.15) is 0 Å². The largest absolute Gasteiger partial charge is 0.383 e. The Labute approximate surface area is 149 Å². The predicted molar refractivity (Wildman–Crippen MR) is 98.6 cm³/mol. The molecular weight excluding hydrogens is 318 g/mol. The van der Waals surface area contributed by atoms with E-state index in [9.17, 15) is 9.59 Å². The molecule has 0 aliphatic carbocycles. The molecule has 1 aliphatic heterocycles. The maximum atomic E-state index is 12.7. The lowest BCUT2D eigenvalue weighted by molar-refractivity contribution is -0.126. The molecule has 25 heavy (non-hydrogen) atoms. The Morgan fingerprint density at radius 2 is 2.12 bits per heavy atom. The summed E-state index contributed by atoms with van der Waals surface area (Å²) < 4.78 is 4.95. The molecule has 1 saturated heterocycles. The second-order valence-electron chi connectivity index (χ2n) is 6.54. The number of nitrogens with zero attached hydrogens (tertiary/aromatic N) is 1. The van der Waals surface area contributed by atoms with Crippen LogP contribution in [0.1, 0.15) is 32.3 Å². The first-order chi connectivity index (χ1) is 12.0. The van der Waals surface area contributed by atoms with Crippen molar-refractivity contribution in [2.75, 3.05) is 32.1 Å². The van der Waals surface area contributed by atoms with E-state index in [1.807, 2.05) is 31.2 Å². The second-order valence-corrected chi connectivity index (χ2v) is 6.54. The normalized spacial score (nSPS) is 20.2. The van der Waals surface area contributed by atoms with Crippen molar-refractivity contribution in [1.82, 2.24) is 10.2 Å². The number of rotatable bonds is 6. The van der Waals surface area contributed by atoms with Gasteiger partial charge in [0.05, 0.1) is 12.5 Å². The average molecular weight is 347 g/mol. The topological polar surface area (TPSA) is 70.7 Å². The summed E-state index contributed by atoms with van der Waals surface area (Å²) in [7, 11) is 1.61. The SMILES string of the molecule is CCc1cccc(NC(=O)N2C[C@H](C(=O)NCCOC)CC[C@H]2C)c1. The van der Waals surface area contributed by atoms with Crippen molar-refractivity contribution in [1.29, 1.82) is 0 Å². The van der Waals surface area contributed by atoms with Gasteiger partial charge >= 0.3 is 6.03 Å². The molecule has 1 heterocycles. The number of amides is 3. The van der Waals surface area contributed by atoms with Crippen LogP contribution in [-0.4, -0.2) is 49.7 Å². The molecule has 1 aliphatic rings. The van der Waals surface area contributed by atoms with E-state index in [0.29, 0.717) is 19.7 Å². The molecule has 1 fully saturated rings. The lowest BCUT2D eigenvalue weighted by atomic mass is 9.93. The van der Waals surface area contributed by atoms with Gasteiger partial charge in [0.2, 0.25) is 5.91 Å². The number of anilines is 1. The van der Waals surface area contributed by atoms with E-state index in [-0.39, 0.29) is 23.9 Å². The standard InChI is InChI=1S/C19H29N3O3/c1-4-15-6-5-7-17(12-15)21-19(24)22-13-16(9-8-14(22)2)18(23)20-10-11-25-3/h5-7,12,14,16H,4,8-11,13H2,1-3H3,(H,20,23)(H,21,24)/t14-,16-/m1/s1. The van der Waals surface area contributed by atoms with E-state index < -0.39 is 0 Å². The van der Waals surface area contributed by atoms with Crippen molar-refractivity contribution < 1.29 is 14.3 Å². The summed E-state index contributed by atoms with van der Waals surface area (Å²) in [5.74, 6) is -0.171. The Hall–Kier alpha value is -2.08. The summed E-state index contributed by atoms with van der Waals surface area (Å²) in [6, 6.07) is 7.84. The molecule has 1 aromatic carbocycles. The van der Waals surface area contributed by atoms with Crippen molar-refractivity contribution in [2.24, 2.45) is 5.92 Å². The Kier molecular flexibility index (Phi) is 7.25. The molecular formula is C19H29N3O3. The molecule has 2 atom stereocenters. The molecule has 0 saturated carbocycles. The maximum absolute atomic E-state index is 12.7. The molecule has 0 unspecified atom stereocenters. The highest BCUT2D eigenvalue weighted by Crippen LogP contribution is 2.23. The summed E-state index contributed by atoms with van der Waals surface area (Å²) >= 11 is 0. The lowest BCUT2D eigenvalue weighted by Gasteiger charge is -2.37. The molecule has 3 amide bonds. The van der Waals surface area contributed by atoms with E-state index >= 15 is 0 Å². The number of piperidine rings is 1. The number of hydrogen-bond acceptors (Lipinski definition) is 3. The van der Waals surface area contributed by atoms with E-state index in [1.54, 1.807) is 12.0 Å². The minimum Gasteiger partial charge on any atom is -0.383 e. The van der Waals surface area contributed by atoms with Gasteiger partial charge < -0.3 is 20.3 Å². The molecule has 6 nitrogen and oxygen atoms in total. The van der Waals surface area contributed by atoms with Crippen molar-refractivity contribution in [3.8, 4) is 0 Å². The van der Waals surface area contributed by atoms with Gasteiger partial charge in [-0.1, -0.05) is 19.1 Å². The molecule has 0 aromatic heterocycles. The second kappa shape index (κ2) is 9.42. The third kappa shape index (κ3) is 5.46. The molecule has 0 bridgehead atoms. The fourth-order valence-electron chi connectivity index (χ4n) is 3.09. The molecule has 2 N–H and O–H groups in total. The number of likely N-dealkylation sites (tertiary alicyclic amines) is 1. The highest BCUT2D eigenvalue weighted by molar-refractivity contribution is 5.90. The van der Waals surface area contributed by atoms with E-state index in [0.717, 1.165) is 24.9 Å². The van der Waals surface area contributed by atoms with Crippen LogP contribution >= 0.6 is 0 Å². The molecule has 0 spiro atoms. The first kappa shape index (κ1) is 19.2. The smallest absolute Gasteiger partial charge is 0.322 e. The van der Waals surface area contributed by atoms with E-state index in [2.05, 4.69) is 17.6 Å². The number of nitrogens with one attached hydrogen (secondary N) is 2. The predicted octanol–water partition coefficient (Wildman–Crippen LogP) is 2.64. The Balaban J connectivity index is 1.95. The first-order valence-electron chi connectivity index (χ1n) is 8.98. The molecule has 138 valence electrons. The lowest BCUT2D eigenvalue weighted by Crippen LogP contribution is -2.51. The first-order valence-corrected chi connectivity index (χ1v) is 8.98. The van der Waals surface area contributed by atoms with Crippen LogP contribution in [0.4, 0.5) is 10.5 Å². The van der Waals surface area contributed by atoms with Gasteiger partial charge in [-0.25, -0.2) is 4.79 Å². The molecule has 1 aromatic rings. The minimum absolute atomic E-state index is 0.00488. The molecule has 2 rings (SSSR count). The number of aryl methyl sites for hydroxylation is 1. The third-order valence-corrected chi connectivity index (χ3v) is 4.71. The number of hydrogen-bond donors (Lipinski definition) is 2. The summed E-state index contributed by atoms with van der Waals surface area (Å²) in [5, 5.41) is 5.83. The van der Waals surface area contributed by atoms with Crippen LogP contribution in [0.15, 0.2) is 24.3 Å². The fourth-order valence-corrected chi connectivity index (χ4v) is 3.09. The summed E-state index contributed by atoms with van der Waals surface area (Å²) in [6.45, 7) is 5.55. The number of ether oxygens (including phenoxy) is 1. The number of benzene rings is 1. The van der Waals surface area contributed by atoms with Crippen LogP contribution in [0.25, 0.3) is 0 Å². The van der Waals surface area contributed by atoms with Crippen LogP contribution in [0.3, 0.4) is 0 Å². The van der Waals surface area contributed by atoms with E-state index in [1.165, 1.54) is 5.56 Å². The average Bonchev–Trinajstić information content (AvgIpc) is 2.62. The highest BCUT2D eigenvalue weighted by Gasteiger charge is 2.32. The zero-order valence-corrected chi connectivity index (χ0v) is 15.4. The van der Waals surface area contributed by atoms with Gasteiger partial charge in [-0.3, -0.25) is 4.79 Å². The highest BCUT2D eigenvalue weighted by atomic mass is 16.5. The summed E-state index contributed by atoms with van der Waals surface area (Å²) in [6.07, 6.45) is 2.55. The van der Waals surface area contributed by atoms with Gasteiger partial charge in [0.15, 0.2) is 0 Å². The Morgan fingerprint density at radius 1 is 1.32 bits per heavy atom. The van der Waals surface area contributed by atoms with Gasteiger partial charge in [-0.05, 0) is 43.9 Å². The molecule has 6 heteroatoms. The van der Waals surface area contributed by atoms with Gasteiger partial charge in [0.25, 0.3) is 0 Å². The Morgan fingerprint density at radius 3 is 2.84 bits per heavy atom. The zero-order valence-electron chi connectivity index (χ0n) is 15.4. The van der Waals surface area contributed by atoms with Crippen molar-refractivity contribution in [3.05, 3.63) is 29.8 Å². The number of methoxy groups -OCH3 is 1. The van der Waals surface area contributed by atoms with Crippen molar-refractivity contribution in [3.63, 3.8) is 0 Å². The fraction of sp³-hybridized carbons (Fsp3) is 0.579. The summed E-state index contributed by atoms with van der Waals surface area (Å²) in [4.78, 5) is 26.7. The van der Waals surface area contributed by atoms with Crippen molar-refractivity contribution >= 4 is 17.6 Å².